The Bertz CT molecular complexity index is 468. The number of hydrogen-bond donors (Lipinski definition) is 2. The number of aromatic nitrogens is 1. The Balaban J connectivity index is 1.83. The molecular formula is C16H24N2O. The molecule has 1 spiro atoms. The maximum Gasteiger partial charge on any atom is 0.129 e. The number of pyridine rings is 1. The first-order chi connectivity index (χ1) is 9.03. The number of aliphatic hydroxyl groups is 1. The lowest BCUT2D eigenvalue weighted by Gasteiger charge is -2.42. The standard InChI is InChI=1S/C16H24N2O/c1-12-10-13(14(17)18-11-12)16(19)8-6-15(7-9-16)4-2-3-5-15/h10-11,19H,2-9H2,1H3,(H2,17,18). The van der Waals surface area contributed by atoms with Crippen molar-refractivity contribution in [1.29, 1.82) is 0 Å². The summed E-state index contributed by atoms with van der Waals surface area (Å²) >= 11 is 0. The van der Waals surface area contributed by atoms with E-state index in [1.807, 2.05) is 13.0 Å². The van der Waals surface area contributed by atoms with Crippen LogP contribution in [-0.4, -0.2) is 10.1 Å². The molecule has 0 radical (unpaired) electrons. The second-order valence-corrected chi connectivity index (χ2v) is 6.68. The predicted octanol–water partition coefficient (Wildman–Crippen LogP) is 3.29. The topological polar surface area (TPSA) is 59.1 Å². The van der Waals surface area contributed by atoms with Gasteiger partial charge in [0.05, 0.1) is 5.60 Å². The van der Waals surface area contributed by atoms with Crippen molar-refractivity contribution < 1.29 is 5.11 Å². The van der Waals surface area contributed by atoms with Gasteiger partial charge in [-0.05, 0) is 62.5 Å². The molecular weight excluding hydrogens is 236 g/mol. The van der Waals surface area contributed by atoms with Crippen LogP contribution in [0, 0.1) is 12.3 Å². The fourth-order valence-electron chi connectivity index (χ4n) is 4.04. The zero-order valence-electron chi connectivity index (χ0n) is 11.8. The average molecular weight is 260 g/mol. The molecule has 0 amide bonds. The molecule has 0 unspecified atom stereocenters. The number of aryl methyl sites for hydroxylation is 1. The molecule has 0 aliphatic heterocycles. The third-order valence-corrected chi connectivity index (χ3v) is 5.36. The van der Waals surface area contributed by atoms with Crippen molar-refractivity contribution in [3.05, 3.63) is 23.4 Å². The number of nitrogens with zero attached hydrogens (tertiary/aromatic N) is 1. The fourth-order valence-corrected chi connectivity index (χ4v) is 4.04. The minimum absolute atomic E-state index is 0.496. The van der Waals surface area contributed by atoms with Gasteiger partial charge in [-0.15, -0.1) is 0 Å². The van der Waals surface area contributed by atoms with E-state index in [4.69, 9.17) is 5.73 Å². The van der Waals surface area contributed by atoms with Crippen LogP contribution in [0.15, 0.2) is 12.3 Å². The highest BCUT2D eigenvalue weighted by Crippen LogP contribution is 2.53. The van der Waals surface area contributed by atoms with Crippen molar-refractivity contribution in [2.75, 3.05) is 5.73 Å². The van der Waals surface area contributed by atoms with E-state index in [9.17, 15) is 5.11 Å². The highest BCUT2D eigenvalue weighted by atomic mass is 16.3. The molecule has 2 saturated carbocycles. The summed E-state index contributed by atoms with van der Waals surface area (Å²) in [7, 11) is 0. The van der Waals surface area contributed by atoms with Gasteiger partial charge in [0.2, 0.25) is 0 Å². The molecule has 3 rings (SSSR count). The molecule has 0 atom stereocenters. The number of rotatable bonds is 1. The summed E-state index contributed by atoms with van der Waals surface area (Å²) in [5, 5.41) is 11.0. The van der Waals surface area contributed by atoms with E-state index < -0.39 is 5.60 Å². The van der Waals surface area contributed by atoms with Crippen molar-refractivity contribution in [2.24, 2.45) is 5.41 Å². The van der Waals surface area contributed by atoms with E-state index in [1.165, 1.54) is 25.7 Å². The maximum absolute atomic E-state index is 11.0. The quantitative estimate of drug-likeness (QED) is 0.814. The molecule has 0 saturated heterocycles. The van der Waals surface area contributed by atoms with E-state index in [-0.39, 0.29) is 0 Å². The van der Waals surface area contributed by atoms with Crippen LogP contribution in [-0.2, 0) is 5.60 Å². The SMILES string of the molecule is Cc1cnc(N)c(C2(O)CCC3(CCCC3)CC2)c1. The monoisotopic (exact) mass is 260 g/mol. The first-order valence-electron chi connectivity index (χ1n) is 7.48. The fraction of sp³-hybridized carbons (Fsp3) is 0.688. The molecule has 3 nitrogen and oxygen atoms in total. The number of nitrogens with two attached hydrogens (primary N) is 1. The lowest BCUT2D eigenvalue weighted by Crippen LogP contribution is -2.36. The predicted molar refractivity (Wildman–Crippen MR) is 76.7 cm³/mol. The van der Waals surface area contributed by atoms with E-state index in [0.29, 0.717) is 11.2 Å². The van der Waals surface area contributed by atoms with Crippen LogP contribution in [0.25, 0.3) is 0 Å². The molecule has 104 valence electrons. The summed E-state index contributed by atoms with van der Waals surface area (Å²) in [4.78, 5) is 4.21. The second kappa shape index (κ2) is 4.48. The van der Waals surface area contributed by atoms with Crippen LogP contribution >= 0.6 is 0 Å². The Labute approximate surface area is 115 Å². The van der Waals surface area contributed by atoms with E-state index in [2.05, 4.69) is 4.98 Å². The third-order valence-electron chi connectivity index (χ3n) is 5.36. The van der Waals surface area contributed by atoms with E-state index in [1.54, 1.807) is 6.20 Å². The summed E-state index contributed by atoms with van der Waals surface area (Å²) < 4.78 is 0. The van der Waals surface area contributed by atoms with Gasteiger partial charge in [-0.25, -0.2) is 4.98 Å². The van der Waals surface area contributed by atoms with Gasteiger partial charge >= 0.3 is 0 Å². The van der Waals surface area contributed by atoms with Crippen molar-refractivity contribution >= 4 is 5.82 Å². The van der Waals surface area contributed by atoms with Gasteiger partial charge in [-0.2, -0.15) is 0 Å². The van der Waals surface area contributed by atoms with Crippen LogP contribution < -0.4 is 5.73 Å². The largest absolute Gasteiger partial charge is 0.385 e. The van der Waals surface area contributed by atoms with Gasteiger partial charge in [-0.3, -0.25) is 0 Å². The Kier molecular flexibility index (Phi) is 3.05. The lowest BCUT2D eigenvalue weighted by atomic mass is 9.66. The second-order valence-electron chi connectivity index (χ2n) is 6.68. The van der Waals surface area contributed by atoms with E-state index >= 15 is 0 Å². The Hall–Kier alpha value is -1.09. The Morgan fingerprint density at radius 3 is 2.37 bits per heavy atom. The van der Waals surface area contributed by atoms with E-state index in [0.717, 1.165) is 36.8 Å². The molecule has 19 heavy (non-hydrogen) atoms. The van der Waals surface area contributed by atoms with Crippen molar-refractivity contribution in [2.45, 2.75) is 63.9 Å². The first kappa shape index (κ1) is 12.9. The maximum atomic E-state index is 11.0. The Morgan fingerprint density at radius 1 is 1.11 bits per heavy atom. The third kappa shape index (κ3) is 2.25. The molecule has 0 aromatic carbocycles. The highest BCUT2D eigenvalue weighted by molar-refractivity contribution is 5.45. The number of anilines is 1. The summed E-state index contributed by atoms with van der Waals surface area (Å²) in [6.07, 6.45) is 11.1. The minimum atomic E-state index is -0.753. The molecule has 3 N–H and O–H groups in total. The summed E-state index contributed by atoms with van der Waals surface area (Å²) in [6, 6.07) is 2.01. The highest BCUT2D eigenvalue weighted by Gasteiger charge is 2.44. The summed E-state index contributed by atoms with van der Waals surface area (Å²) in [6.45, 7) is 2.00. The van der Waals surface area contributed by atoms with Gasteiger partial charge in [0.15, 0.2) is 0 Å². The molecule has 2 aliphatic rings. The minimum Gasteiger partial charge on any atom is -0.385 e. The summed E-state index contributed by atoms with van der Waals surface area (Å²) in [5.74, 6) is 0.496. The van der Waals surface area contributed by atoms with Crippen molar-refractivity contribution in [3.63, 3.8) is 0 Å². The van der Waals surface area contributed by atoms with Gasteiger partial charge < -0.3 is 10.8 Å². The normalized spacial score (nSPS) is 24.7. The van der Waals surface area contributed by atoms with Crippen LogP contribution in [0.2, 0.25) is 0 Å². The molecule has 2 aliphatic carbocycles. The zero-order chi connectivity index (χ0) is 13.5. The Morgan fingerprint density at radius 2 is 1.74 bits per heavy atom. The van der Waals surface area contributed by atoms with Crippen LogP contribution in [0.1, 0.15) is 62.5 Å². The molecule has 2 fully saturated rings. The van der Waals surface area contributed by atoms with Crippen molar-refractivity contribution in [1.82, 2.24) is 4.98 Å². The summed E-state index contributed by atoms with van der Waals surface area (Å²) in [5.41, 5.74) is 7.67. The van der Waals surface area contributed by atoms with Gasteiger partial charge in [0.25, 0.3) is 0 Å². The van der Waals surface area contributed by atoms with Crippen LogP contribution in [0.4, 0.5) is 5.82 Å². The zero-order valence-corrected chi connectivity index (χ0v) is 11.8. The van der Waals surface area contributed by atoms with Gasteiger partial charge in [-0.1, -0.05) is 12.8 Å². The average Bonchev–Trinajstić information content (AvgIpc) is 2.85. The van der Waals surface area contributed by atoms with Crippen LogP contribution in [0.3, 0.4) is 0 Å². The molecule has 1 aromatic rings. The molecule has 0 bridgehead atoms. The lowest BCUT2D eigenvalue weighted by molar-refractivity contribution is -0.0372. The first-order valence-corrected chi connectivity index (χ1v) is 7.48. The number of hydrogen-bond acceptors (Lipinski definition) is 3. The molecule has 1 heterocycles. The number of nitrogen functional groups attached to an aromatic ring is 1. The van der Waals surface area contributed by atoms with Gasteiger partial charge in [0, 0.05) is 11.8 Å². The smallest absolute Gasteiger partial charge is 0.129 e. The van der Waals surface area contributed by atoms with Crippen molar-refractivity contribution in [3.8, 4) is 0 Å². The van der Waals surface area contributed by atoms with Gasteiger partial charge in [0.1, 0.15) is 5.82 Å². The molecule has 1 aromatic heterocycles. The van der Waals surface area contributed by atoms with Crippen LogP contribution in [0.5, 0.6) is 0 Å². The molecule has 3 heteroatoms.